The number of nitro benzene ring substituents is 1. The maximum atomic E-state index is 12.1. The van der Waals surface area contributed by atoms with Gasteiger partial charge in [-0.15, -0.1) is 0 Å². The quantitative estimate of drug-likeness (QED) is 0.349. The summed E-state index contributed by atoms with van der Waals surface area (Å²) in [6.45, 7) is 4.22. The van der Waals surface area contributed by atoms with Crippen LogP contribution < -0.4 is 9.47 Å². The molecule has 0 radical (unpaired) electrons. The van der Waals surface area contributed by atoms with E-state index in [4.69, 9.17) is 9.47 Å². The summed E-state index contributed by atoms with van der Waals surface area (Å²) in [5.41, 5.74) is 0.645. The number of aryl methyl sites for hydroxylation is 1. The molecule has 0 aliphatic rings. The molecule has 0 spiro atoms. The average Bonchev–Trinajstić information content (AvgIpc) is 2.53. The predicted octanol–water partition coefficient (Wildman–Crippen LogP) is 3.91. The predicted molar refractivity (Wildman–Crippen MR) is 85.0 cm³/mol. The monoisotopic (exact) mass is 315 g/mol. The zero-order valence-electron chi connectivity index (χ0n) is 12.9. The molecule has 0 atom stereocenters. The summed E-state index contributed by atoms with van der Waals surface area (Å²) in [5.74, 6) is 0.526. The normalized spacial score (nSPS) is 10.2. The lowest BCUT2D eigenvalue weighted by molar-refractivity contribution is -0.385. The molecular formula is C17H17NO5. The van der Waals surface area contributed by atoms with Crippen LogP contribution in [0, 0.1) is 17.0 Å². The van der Waals surface area contributed by atoms with Gasteiger partial charge in [0.15, 0.2) is 0 Å². The first-order valence-corrected chi connectivity index (χ1v) is 7.21. The highest BCUT2D eigenvalue weighted by Gasteiger charge is 2.15. The Labute approximate surface area is 133 Å². The molecule has 23 heavy (non-hydrogen) atoms. The van der Waals surface area contributed by atoms with Gasteiger partial charge in [0, 0.05) is 11.6 Å². The lowest BCUT2D eigenvalue weighted by atomic mass is 10.1. The van der Waals surface area contributed by atoms with Gasteiger partial charge >= 0.3 is 5.97 Å². The Morgan fingerprint density at radius 3 is 2.35 bits per heavy atom. The summed E-state index contributed by atoms with van der Waals surface area (Å²) >= 11 is 0. The lowest BCUT2D eigenvalue weighted by Crippen LogP contribution is -2.09. The number of rotatable bonds is 6. The third-order valence-electron chi connectivity index (χ3n) is 3.14. The second-order valence-corrected chi connectivity index (χ2v) is 4.97. The zero-order valence-corrected chi connectivity index (χ0v) is 12.9. The van der Waals surface area contributed by atoms with E-state index in [9.17, 15) is 14.9 Å². The molecular weight excluding hydrogens is 298 g/mol. The topological polar surface area (TPSA) is 78.7 Å². The zero-order chi connectivity index (χ0) is 16.8. The molecule has 0 saturated heterocycles. The van der Waals surface area contributed by atoms with Crippen LogP contribution in [0.2, 0.25) is 0 Å². The van der Waals surface area contributed by atoms with E-state index in [-0.39, 0.29) is 11.3 Å². The van der Waals surface area contributed by atoms with Crippen molar-refractivity contribution in [1.82, 2.24) is 0 Å². The van der Waals surface area contributed by atoms with Crippen LogP contribution in [0.1, 0.15) is 29.3 Å². The summed E-state index contributed by atoms with van der Waals surface area (Å²) in [6, 6.07) is 10.8. The van der Waals surface area contributed by atoms with E-state index in [0.717, 1.165) is 6.42 Å². The molecule has 0 bridgehead atoms. The van der Waals surface area contributed by atoms with Crippen molar-refractivity contribution in [1.29, 1.82) is 0 Å². The maximum Gasteiger partial charge on any atom is 0.343 e. The summed E-state index contributed by atoms with van der Waals surface area (Å²) in [6.07, 6.45) is 0.913. The average molecular weight is 315 g/mol. The highest BCUT2D eigenvalue weighted by atomic mass is 16.6. The number of hydrogen-bond acceptors (Lipinski definition) is 5. The number of nitro groups is 1. The smallest absolute Gasteiger partial charge is 0.343 e. The number of hydrogen-bond donors (Lipinski definition) is 0. The summed E-state index contributed by atoms with van der Waals surface area (Å²) in [7, 11) is 0. The van der Waals surface area contributed by atoms with E-state index in [1.54, 1.807) is 31.2 Å². The van der Waals surface area contributed by atoms with Crippen molar-refractivity contribution in [2.45, 2.75) is 20.3 Å². The van der Waals surface area contributed by atoms with E-state index >= 15 is 0 Å². The van der Waals surface area contributed by atoms with Crippen LogP contribution >= 0.6 is 0 Å². The van der Waals surface area contributed by atoms with Crippen molar-refractivity contribution < 1.29 is 19.2 Å². The van der Waals surface area contributed by atoms with Crippen molar-refractivity contribution in [3.8, 4) is 11.5 Å². The van der Waals surface area contributed by atoms with Crippen LogP contribution in [0.3, 0.4) is 0 Å². The van der Waals surface area contributed by atoms with Gasteiger partial charge in [-0.25, -0.2) is 4.79 Å². The van der Waals surface area contributed by atoms with E-state index in [2.05, 4.69) is 0 Å². The Morgan fingerprint density at radius 2 is 1.78 bits per heavy atom. The third kappa shape index (κ3) is 4.29. The van der Waals surface area contributed by atoms with Gasteiger partial charge in [0.1, 0.15) is 11.5 Å². The fourth-order valence-corrected chi connectivity index (χ4v) is 1.98. The van der Waals surface area contributed by atoms with Crippen LogP contribution in [0.5, 0.6) is 11.5 Å². The first-order valence-electron chi connectivity index (χ1n) is 7.21. The number of benzene rings is 2. The van der Waals surface area contributed by atoms with E-state index < -0.39 is 10.9 Å². The van der Waals surface area contributed by atoms with Crippen molar-refractivity contribution in [2.24, 2.45) is 0 Å². The van der Waals surface area contributed by atoms with Gasteiger partial charge in [-0.2, -0.15) is 0 Å². The van der Waals surface area contributed by atoms with Crippen LogP contribution in [0.4, 0.5) is 5.69 Å². The van der Waals surface area contributed by atoms with Gasteiger partial charge in [0.05, 0.1) is 17.1 Å². The van der Waals surface area contributed by atoms with Gasteiger partial charge in [-0.1, -0.05) is 6.92 Å². The van der Waals surface area contributed by atoms with Gasteiger partial charge in [0.25, 0.3) is 5.69 Å². The van der Waals surface area contributed by atoms with Crippen molar-refractivity contribution >= 4 is 11.7 Å². The first kappa shape index (κ1) is 16.5. The molecule has 6 heteroatoms. The molecule has 0 amide bonds. The molecule has 2 rings (SSSR count). The minimum Gasteiger partial charge on any atom is -0.494 e. The van der Waals surface area contributed by atoms with E-state index in [1.165, 1.54) is 18.2 Å². The summed E-state index contributed by atoms with van der Waals surface area (Å²) in [5, 5.41) is 10.8. The standard InChI is InChI=1S/C17H17NO5/c1-3-10-22-14-5-7-15(8-6-14)23-17(19)13-4-9-16(18(20)21)12(2)11-13/h4-9,11H,3,10H2,1-2H3. The van der Waals surface area contributed by atoms with Crippen LogP contribution in [0.15, 0.2) is 42.5 Å². The molecule has 0 aliphatic carbocycles. The fourth-order valence-electron chi connectivity index (χ4n) is 1.98. The second-order valence-electron chi connectivity index (χ2n) is 4.97. The Kier molecular flexibility index (Phi) is 5.30. The Hall–Kier alpha value is -2.89. The van der Waals surface area contributed by atoms with Crippen LogP contribution in [-0.4, -0.2) is 17.5 Å². The molecule has 0 N–H and O–H groups in total. The Morgan fingerprint density at radius 1 is 1.13 bits per heavy atom. The lowest BCUT2D eigenvalue weighted by Gasteiger charge is -2.07. The van der Waals surface area contributed by atoms with Crippen molar-refractivity contribution in [3.05, 3.63) is 63.7 Å². The second kappa shape index (κ2) is 7.40. The Bertz CT molecular complexity index is 709. The highest BCUT2D eigenvalue weighted by molar-refractivity contribution is 5.91. The molecule has 0 heterocycles. The maximum absolute atomic E-state index is 12.1. The van der Waals surface area contributed by atoms with E-state index in [0.29, 0.717) is 23.7 Å². The molecule has 2 aromatic carbocycles. The molecule has 0 unspecified atom stereocenters. The van der Waals surface area contributed by atoms with E-state index in [1.807, 2.05) is 6.92 Å². The summed E-state index contributed by atoms with van der Waals surface area (Å²) in [4.78, 5) is 22.4. The molecule has 0 fully saturated rings. The highest BCUT2D eigenvalue weighted by Crippen LogP contribution is 2.22. The van der Waals surface area contributed by atoms with Crippen LogP contribution in [0.25, 0.3) is 0 Å². The molecule has 120 valence electrons. The fraction of sp³-hybridized carbons (Fsp3) is 0.235. The summed E-state index contributed by atoms with van der Waals surface area (Å²) < 4.78 is 10.7. The van der Waals surface area contributed by atoms with Gasteiger partial charge < -0.3 is 9.47 Å². The number of carbonyl (C=O) groups is 1. The minimum atomic E-state index is -0.565. The van der Waals surface area contributed by atoms with Gasteiger partial charge in [0.2, 0.25) is 0 Å². The number of carbonyl (C=O) groups excluding carboxylic acids is 1. The minimum absolute atomic E-state index is 0.0287. The van der Waals surface area contributed by atoms with Crippen molar-refractivity contribution in [2.75, 3.05) is 6.61 Å². The molecule has 0 aromatic heterocycles. The Balaban J connectivity index is 2.07. The number of ether oxygens (including phenoxy) is 2. The van der Waals surface area contributed by atoms with Gasteiger partial charge in [-0.05, 0) is 49.7 Å². The number of esters is 1. The molecule has 0 aliphatic heterocycles. The molecule has 6 nitrogen and oxygen atoms in total. The molecule has 2 aromatic rings. The SMILES string of the molecule is CCCOc1ccc(OC(=O)c2ccc([N+](=O)[O-])c(C)c2)cc1. The van der Waals surface area contributed by atoms with Gasteiger partial charge in [-0.3, -0.25) is 10.1 Å². The van der Waals surface area contributed by atoms with Crippen LogP contribution in [-0.2, 0) is 0 Å². The first-order chi connectivity index (χ1) is 11.0. The molecule has 0 saturated carbocycles. The largest absolute Gasteiger partial charge is 0.494 e. The third-order valence-corrected chi connectivity index (χ3v) is 3.14. The number of nitrogens with zero attached hydrogens (tertiary/aromatic N) is 1. The van der Waals surface area contributed by atoms with Crippen molar-refractivity contribution in [3.63, 3.8) is 0 Å².